The van der Waals surface area contributed by atoms with E-state index in [0.29, 0.717) is 43.7 Å². The number of hydrogen-bond donors (Lipinski definition) is 1. The summed E-state index contributed by atoms with van der Waals surface area (Å²) in [6.45, 7) is 2.27. The number of ether oxygens (including phenoxy) is 2. The lowest BCUT2D eigenvalue weighted by Gasteiger charge is -2.30. The number of rotatable bonds is 7. The second-order valence-electron chi connectivity index (χ2n) is 7.14. The van der Waals surface area contributed by atoms with Gasteiger partial charge in [0.15, 0.2) is 5.82 Å². The molecular formula is C22H25N5O3S. The maximum absolute atomic E-state index is 13.3. The first-order valence-corrected chi connectivity index (χ1v) is 10.9. The molecule has 1 aromatic heterocycles. The van der Waals surface area contributed by atoms with E-state index in [2.05, 4.69) is 10.2 Å². The van der Waals surface area contributed by atoms with Crippen LogP contribution in [0.3, 0.4) is 0 Å². The largest absolute Gasteiger partial charge is 0.497 e. The number of nitrogen functional groups attached to an aromatic ring is 1. The highest BCUT2D eigenvalue weighted by Gasteiger charge is 2.30. The van der Waals surface area contributed by atoms with Crippen molar-refractivity contribution in [2.75, 3.05) is 39.3 Å². The minimum atomic E-state index is -0.459. The Labute approximate surface area is 185 Å². The first-order valence-electron chi connectivity index (χ1n) is 10.1. The van der Waals surface area contributed by atoms with Crippen LogP contribution >= 0.6 is 11.8 Å². The Kier molecular flexibility index (Phi) is 6.73. The van der Waals surface area contributed by atoms with Crippen molar-refractivity contribution in [2.24, 2.45) is 0 Å². The normalized spacial score (nSPS) is 14.9. The summed E-state index contributed by atoms with van der Waals surface area (Å²) < 4.78 is 12.1. The number of benzene rings is 2. The van der Waals surface area contributed by atoms with Crippen molar-refractivity contribution in [3.05, 3.63) is 71.5 Å². The number of morpholine rings is 1. The van der Waals surface area contributed by atoms with E-state index >= 15 is 0 Å². The fraction of sp³-hybridized carbons (Fsp3) is 0.318. The summed E-state index contributed by atoms with van der Waals surface area (Å²) in [5.74, 6) is 7.76. The molecule has 1 aliphatic heterocycles. The monoisotopic (exact) mass is 439 g/mol. The van der Waals surface area contributed by atoms with Crippen LogP contribution in [-0.2, 0) is 16.0 Å². The second-order valence-corrected chi connectivity index (χ2v) is 8.21. The van der Waals surface area contributed by atoms with Crippen LogP contribution in [0.1, 0.15) is 22.2 Å². The van der Waals surface area contributed by atoms with Crippen molar-refractivity contribution >= 4 is 17.7 Å². The number of thioether (sulfide) groups is 1. The lowest BCUT2D eigenvalue weighted by Crippen LogP contribution is -2.42. The van der Waals surface area contributed by atoms with Gasteiger partial charge in [0.05, 0.1) is 20.3 Å². The highest BCUT2D eigenvalue weighted by atomic mass is 32.2. The van der Waals surface area contributed by atoms with Gasteiger partial charge in [-0.2, -0.15) is 0 Å². The molecule has 0 bridgehead atoms. The first-order chi connectivity index (χ1) is 15.2. The van der Waals surface area contributed by atoms with Crippen molar-refractivity contribution in [1.82, 2.24) is 19.8 Å². The molecule has 8 nitrogen and oxygen atoms in total. The van der Waals surface area contributed by atoms with Crippen molar-refractivity contribution in [3.63, 3.8) is 0 Å². The molecule has 1 saturated heterocycles. The fourth-order valence-corrected chi connectivity index (χ4v) is 4.44. The fourth-order valence-electron chi connectivity index (χ4n) is 3.38. The molecule has 31 heavy (non-hydrogen) atoms. The van der Waals surface area contributed by atoms with Crippen molar-refractivity contribution < 1.29 is 14.3 Å². The minimum Gasteiger partial charge on any atom is -0.497 e. The summed E-state index contributed by atoms with van der Waals surface area (Å²) >= 11 is 1.32. The highest BCUT2D eigenvalue weighted by Crippen LogP contribution is 2.36. The van der Waals surface area contributed by atoms with Gasteiger partial charge in [0, 0.05) is 19.5 Å². The number of aromatic nitrogens is 3. The Morgan fingerprint density at radius 2 is 1.84 bits per heavy atom. The van der Waals surface area contributed by atoms with Gasteiger partial charge in [0.2, 0.25) is 11.1 Å². The molecule has 0 aliphatic carbocycles. The van der Waals surface area contributed by atoms with Crippen LogP contribution in [0.15, 0.2) is 59.8 Å². The van der Waals surface area contributed by atoms with Gasteiger partial charge >= 0.3 is 0 Å². The van der Waals surface area contributed by atoms with Crippen molar-refractivity contribution in [3.8, 4) is 5.75 Å². The molecule has 2 aromatic carbocycles. The standard InChI is InChI=1S/C22H25N5O3S/c1-29-18-9-7-16(8-10-18)15-19-24-25-22(27(19)23)31-20(17-5-3-2-4-6-17)21(28)26-11-13-30-14-12-26/h2-10,20H,11-15,23H2,1H3. The van der Waals surface area contributed by atoms with E-state index in [1.807, 2.05) is 59.5 Å². The molecule has 1 amide bonds. The van der Waals surface area contributed by atoms with E-state index in [0.717, 1.165) is 16.9 Å². The lowest BCUT2D eigenvalue weighted by molar-refractivity contribution is -0.134. The number of nitrogens with two attached hydrogens (primary N) is 1. The van der Waals surface area contributed by atoms with E-state index in [4.69, 9.17) is 15.3 Å². The van der Waals surface area contributed by atoms with E-state index in [-0.39, 0.29) is 5.91 Å². The average Bonchev–Trinajstić information content (AvgIpc) is 3.17. The lowest BCUT2D eigenvalue weighted by atomic mass is 10.1. The third-order valence-corrected chi connectivity index (χ3v) is 6.33. The molecule has 4 rings (SSSR count). The van der Waals surface area contributed by atoms with E-state index in [9.17, 15) is 4.79 Å². The molecule has 2 heterocycles. The van der Waals surface area contributed by atoms with Crippen LogP contribution in [0.4, 0.5) is 0 Å². The Bertz CT molecular complexity index is 1000. The van der Waals surface area contributed by atoms with Crippen LogP contribution < -0.4 is 10.6 Å². The number of hydrogen-bond acceptors (Lipinski definition) is 7. The van der Waals surface area contributed by atoms with E-state index in [1.54, 1.807) is 7.11 Å². The van der Waals surface area contributed by atoms with Crippen LogP contribution in [0, 0.1) is 0 Å². The number of methoxy groups -OCH3 is 1. The number of amides is 1. The quantitative estimate of drug-likeness (QED) is 0.446. The Morgan fingerprint density at radius 3 is 2.52 bits per heavy atom. The van der Waals surface area contributed by atoms with Gasteiger partial charge in [0.1, 0.15) is 11.0 Å². The first kappa shape index (κ1) is 21.2. The van der Waals surface area contributed by atoms with Crippen LogP contribution in [0.25, 0.3) is 0 Å². The van der Waals surface area contributed by atoms with E-state index in [1.165, 1.54) is 16.4 Å². The zero-order valence-electron chi connectivity index (χ0n) is 17.3. The Balaban J connectivity index is 1.54. The summed E-state index contributed by atoms with van der Waals surface area (Å²) in [5.41, 5.74) is 1.95. The predicted octanol–water partition coefficient (Wildman–Crippen LogP) is 2.28. The summed E-state index contributed by atoms with van der Waals surface area (Å²) in [4.78, 5) is 15.1. The zero-order chi connectivity index (χ0) is 21.6. The SMILES string of the molecule is COc1ccc(Cc2nnc(SC(C(=O)N3CCOCC3)c3ccccc3)n2N)cc1. The minimum absolute atomic E-state index is 0.0270. The Morgan fingerprint density at radius 1 is 1.13 bits per heavy atom. The molecule has 1 unspecified atom stereocenters. The summed E-state index contributed by atoms with van der Waals surface area (Å²) in [6.07, 6.45) is 0.529. The van der Waals surface area contributed by atoms with Gasteiger partial charge in [-0.1, -0.05) is 54.2 Å². The van der Waals surface area contributed by atoms with Gasteiger partial charge in [-0.25, -0.2) is 4.68 Å². The number of carbonyl (C=O) groups is 1. The van der Waals surface area contributed by atoms with Crippen LogP contribution in [-0.4, -0.2) is 59.1 Å². The summed E-state index contributed by atoms with van der Waals surface area (Å²) in [6, 6.07) is 17.4. The van der Waals surface area contributed by atoms with Crippen LogP contribution in [0.2, 0.25) is 0 Å². The van der Waals surface area contributed by atoms with Crippen molar-refractivity contribution in [1.29, 1.82) is 0 Å². The summed E-state index contributed by atoms with van der Waals surface area (Å²) in [5, 5.41) is 8.57. The highest BCUT2D eigenvalue weighted by molar-refractivity contribution is 8.00. The van der Waals surface area contributed by atoms with Gasteiger partial charge in [-0.3, -0.25) is 4.79 Å². The summed E-state index contributed by atoms with van der Waals surface area (Å²) in [7, 11) is 1.64. The molecule has 0 radical (unpaired) electrons. The molecule has 162 valence electrons. The molecule has 1 fully saturated rings. The molecule has 9 heteroatoms. The predicted molar refractivity (Wildman–Crippen MR) is 118 cm³/mol. The smallest absolute Gasteiger partial charge is 0.240 e. The molecule has 1 atom stereocenters. The molecule has 0 saturated carbocycles. The second kappa shape index (κ2) is 9.84. The van der Waals surface area contributed by atoms with Gasteiger partial charge in [-0.15, -0.1) is 10.2 Å². The van der Waals surface area contributed by atoms with E-state index < -0.39 is 5.25 Å². The average molecular weight is 440 g/mol. The van der Waals surface area contributed by atoms with Crippen molar-refractivity contribution in [2.45, 2.75) is 16.8 Å². The third-order valence-electron chi connectivity index (χ3n) is 5.13. The third kappa shape index (κ3) is 5.00. The maximum atomic E-state index is 13.3. The molecule has 3 aromatic rings. The van der Waals surface area contributed by atoms with Crippen LogP contribution in [0.5, 0.6) is 5.75 Å². The van der Waals surface area contributed by atoms with Gasteiger partial charge in [0.25, 0.3) is 0 Å². The molecule has 1 aliphatic rings. The topological polar surface area (TPSA) is 95.5 Å². The van der Waals surface area contributed by atoms with Gasteiger partial charge < -0.3 is 20.2 Å². The number of nitrogens with zero attached hydrogens (tertiary/aromatic N) is 4. The zero-order valence-corrected chi connectivity index (χ0v) is 18.1. The molecule has 2 N–H and O–H groups in total. The van der Waals surface area contributed by atoms with Gasteiger partial charge in [-0.05, 0) is 23.3 Å². The maximum Gasteiger partial charge on any atom is 0.240 e. The number of carbonyl (C=O) groups excluding carboxylic acids is 1. The molecular weight excluding hydrogens is 414 g/mol. The molecule has 0 spiro atoms. The Hall–Kier alpha value is -3.04.